The summed E-state index contributed by atoms with van der Waals surface area (Å²) < 4.78 is 5.25. The van der Waals surface area contributed by atoms with E-state index in [2.05, 4.69) is 16.3 Å². The Bertz CT molecular complexity index is 391. The van der Waals surface area contributed by atoms with E-state index in [4.69, 9.17) is 9.84 Å². The summed E-state index contributed by atoms with van der Waals surface area (Å²) in [7, 11) is 0. The number of thiophene rings is 1. The van der Waals surface area contributed by atoms with Crippen molar-refractivity contribution in [1.29, 1.82) is 0 Å². The Morgan fingerprint density at radius 3 is 2.85 bits per heavy atom. The van der Waals surface area contributed by atoms with Crippen LogP contribution in [0.5, 0.6) is 0 Å². The van der Waals surface area contributed by atoms with Crippen molar-refractivity contribution in [3.63, 3.8) is 0 Å². The van der Waals surface area contributed by atoms with E-state index in [-0.39, 0.29) is 12.5 Å². The first-order valence-electron chi connectivity index (χ1n) is 6.99. The Balaban J connectivity index is 1.77. The molecule has 5 nitrogen and oxygen atoms in total. The number of carbonyl (C=O) groups excluding carboxylic acids is 1. The van der Waals surface area contributed by atoms with Gasteiger partial charge in [-0.25, -0.2) is 0 Å². The first-order chi connectivity index (χ1) is 9.79. The molecule has 0 saturated carbocycles. The standard InChI is InChI=1S/C14H22N2O3S/c17-7-4-15(11-13-2-10-20-12-13)3-1-14(18)16-5-8-19-9-6-16/h2,10,12,17H,1,3-9,11H2. The van der Waals surface area contributed by atoms with Gasteiger partial charge in [0.1, 0.15) is 0 Å². The lowest BCUT2D eigenvalue weighted by molar-refractivity contribution is -0.135. The molecule has 2 heterocycles. The number of ether oxygens (including phenoxy) is 1. The predicted molar refractivity (Wildman–Crippen MR) is 78.7 cm³/mol. The fourth-order valence-electron chi connectivity index (χ4n) is 2.28. The summed E-state index contributed by atoms with van der Waals surface area (Å²) in [6.45, 7) is 4.88. The minimum Gasteiger partial charge on any atom is -0.395 e. The average molecular weight is 298 g/mol. The fraction of sp³-hybridized carbons (Fsp3) is 0.643. The number of morpholine rings is 1. The van der Waals surface area contributed by atoms with Crippen molar-refractivity contribution in [1.82, 2.24) is 9.80 Å². The molecule has 1 aliphatic rings. The molecule has 2 rings (SSSR count). The number of carbonyl (C=O) groups is 1. The Labute approximate surface area is 123 Å². The van der Waals surface area contributed by atoms with Crippen molar-refractivity contribution in [3.8, 4) is 0 Å². The molecule has 1 aromatic heterocycles. The molecular weight excluding hydrogens is 276 g/mol. The molecule has 1 amide bonds. The number of aliphatic hydroxyl groups is 1. The smallest absolute Gasteiger partial charge is 0.224 e. The van der Waals surface area contributed by atoms with Crippen LogP contribution >= 0.6 is 11.3 Å². The van der Waals surface area contributed by atoms with E-state index < -0.39 is 0 Å². The van der Waals surface area contributed by atoms with Crippen LogP contribution in [0, 0.1) is 0 Å². The lowest BCUT2D eigenvalue weighted by Gasteiger charge is -2.28. The van der Waals surface area contributed by atoms with E-state index in [1.54, 1.807) is 11.3 Å². The van der Waals surface area contributed by atoms with Crippen molar-refractivity contribution in [2.45, 2.75) is 13.0 Å². The quantitative estimate of drug-likeness (QED) is 0.809. The molecular formula is C14H22N2O3S. The SMILES string of the molecule is O=C(CCN(CCO)Cc1ccsc1)N1CCOCC1. The highest BCUT2D eigenvalue weighted by Crippen LogP contribution is 2.10. The van der Waals surface area contributed by atoms with Gasteiger partial charge in [-0.2, -0.15) is 11.3 Å². The van der Waals surface area contributed by atoms with Crippen LogP contribution < -0.4 is 0 Å². The number of amides is 1. The monoisotopic (exact) mass is 298 g/mol. The lowest BCUT2D eigenvalue weighted by atomic mass is 10.2. The maximum absolute atomic E-state index is 12.1. The molecule has 0 spiro atoms. The van der Waals surface area contributed by atoms with Crippen LogP contribution in [0.2, 0.25) is 0 Å². The minimum absolute atomic E-state index is 0.121. The summed E-state index contributed by atoms with van der Waals surface area (Å²) in [6.07, 6.45) is 0.504. The van der Waals surface area contributed by atoms with Crippen molar-refractivity contribution in [2.24, 2.45) is 0 Å². The molecule has 1 fully saturated rings. The molecule has 0 aromatic carbocycles. The largest absolute Gasteiger partial charge is 0.395 e. The zero-order chi connectivity index (χ0) is 14.2. The van der Waals surface area contributed by atoms with E-state index in [1.807, 2.05) is 10.3 Å². The molecule has 0 unspecified atom stereocenters. The zero-order valence-electron chi connectivity index (χ0n) is 11.7. The summed E-state index contributed by atoms with van der Waals surface area (Å²) in [5.41, 5.74) is 1.24. The molecule has 1 aliphatic heterocycles. The van der Waals surface area contributed by atoms with Crippen LogP contribution in [-0.4, -0.2) is 66.8 Å². The summed E-state index contributed by atoms with van der Waals surface area (Å²) >= 11 is 1.67. The van der Waals surface area contributed by atoms with Crippen LogP contribution in [0.25, 0.3) is 0 Å². The van der Waals surface area contributed by atoms with Crippen molar-refractivity contribution < 1.29 is 14.6 Å². The average Bonchev–Trinajstić information content (AvgIpc) is 2.98. The van der Waals surface area contributed by atoms with E-state index in [0.717, 1.165) is 6.54 Å². The molecule has 0 bridgehead atoms. The van der Waals surface area contributed by atoms with E-state index >= 15 is 0 Å². The Kier molecular flexibility index (Phi) is 6.46. The van der Waals surface area contributed by atoms with Gasteiger partial charge in [-0.15, -0.1) is 0 Å². The maximum atomic E-state index is 12.1. The molecule has 20 heavy (non-hydrogen) atoms. The van der Waals surface area contributed by atoms with Crippen LogP contribution in [-0.2, 0) is 16.1 Å². The number of hydrogen-bond acceptors (Lipinski definition) is 5. The van der Waals surface area contributed by atoms with Crippen molar-refractivity contribution in [2.75, 3.05) is 46.0 Å². The maximum Gasteiger partial charge on any atom is 0.224 e. The molecule has 1 aromatic rings. The summed E-state index contributed by atoms with van der Waals surface area (Å²) in [4.78, 5) is 16.1. The molecule has 112 valence electrons. The molecule has 0 aliphatic carbocycles. The molecule has 1 N–H and O–H groups in total. The normalized spacial score (nSPS) is 15.8. The second-order valence-electron chi connectivity index (χ2n) is 4.87. The molecule has 0 radical (unpaired) electrons. The van der Waals surface area contributed by atoms with Gasteiger partial charge in [-0.05, 0) is 22.4 Å². The first kappa shape index (κ1) is 15.4. The van der Waals surface area contributed by atoms with Gasteiger partial charge in [0.15, 0.2) is 0 Å². The third-order valence-electron chi connectivity index (χ3n) is 3.41. The highest BCUT2D eigenvalue weighted by atomic mass is 32.1. The Morgan fingerprint density at radius 1 is 1.40 bits per heavy atom. The third kappa shape index (κ3) is 4.86. The zero-order valence-corrected chi connectivity index (χ0v) is 12.5. The molecule has 6 heteroatoms. The van der Waals surface area contributed by atoms with Gasteiger partial charge in [0.25, 0.3) is 0 Å². The van der Waals surface area contributed by atoms with Crippen LogP contribution in [0.15, 0.2) is 16.8 Å². The Morgan fingerprint density at radius 2 is 2.20 bits per heavy atom. The molecule has 0 atom stereocenters. The predicted octanol–water partition coefficient (Wildman–Crippen LogP) is 0.791. The van der Waals surface area contributed by atoms with E-state index in [0.29, 0.717) is 45.8 Å². The summed E-state index contributed by atoms with van der Waals surface area (Å²) in [6, 6.07) is 2.08. The summed E-state index contributed by atoms with van der Waals surface area (Å²) in [5, 5.41) is 13.3. The van der Waals surface area contributed by atoms with Gasteiger partial charge in [-0.3, -0.25) is 9.69 Å². The first-order valence-corrected chi connectivity index (χ1v) is 7.93. The van der Waals surface area contributed by atoms with Crippen molar-refractivity contribution >= 4 is 17.2 Å². The number of hydrogen-bond donors (Lipinski definition) is 1. The second kappa shape index (κ2) is 8.36. The van der Waals surface area contributed by atoms with Gasteiger partial charge >= 0.3 is 0 Å². The van der Waals surface area contributed by atoms with Crippen molar-refractivity contribution in [3.05, 3.63) is 22.4 Å². The fourth-order valence-corrected chi connectivity index (χ4v) is 2.94. The minimum atomic E-state index is 0.121. The highest BCUT2D eigenvalue weighted by Gasteiger charge is 2.17. The number of rotatable bonds is 7. The number of nitrogens with zero attached hydrogens (tertiary/aromatic N) is 2. The van der Waals surface area contributed by atoms with Gasteiger partial charge in [0.2, 0.25) is 5.91 Å². The van der Waals surface area contributed by atoms with Gasteiger partial charge < -0.3 is 14.7 Å². The van der Waals surface area contributed by atoms with Gasteiger partial charge in [0, 0.05) is 39.1 Å². The van der Waals surface area contributed by atoms with Gasteiger partial charge in [0.05, 0.1) is 19.8 Å². The van der Waals surface area contributed by atoms with Crippen LogP contribution in [0.4, 0.5) is 0 Å². The Hall–Kier alpha value is -0.950. The summed E-state index contributed by atoms with van der Waals surface area (Å²) in [5.74, 6) is 0.182. The van der Waals surface area contributed by atoms with E-state index in [9.17, 15) is 4.79 Å². The van der Waals surface area contributed by atoms with Gasteiger partial charge in [-0.1, -0.05) is 0 Å². The van der Waals surface area contributed by atoms with Crippen LogP contribution in [0.1, 0.15) is 12.0 Å². The van der Waals surface area contributed by atoms with E-state index in [1.165, 1.54) is 5.56 Å². The number of aliphatic hydroxyl groups excluding tert-OH is 1. The lowest BCUT2D eigenvalue weighted by Crippen LogP contribution is -2.42. The molecule has 1 saturated heterocycles. The second-order valence-corrected chi connectivity index (χ2v) is 5.65. The third-order valence-corrected chi connectivity index (χ3v) is 4.14. The highest BCUT2D eigenvalue weighted by molar-refractivity contribution is 7.07. The van der Waals surface area contributed by atoms with Crippen LogP contribution in [0.3, 0.4) is 0 Å². The topological polar surface area (TPSA) is 53.0 Å².